The summed E-state index contributed by atoms with van der Waals surface area (Å²) in [6.45, 7) is 3.97. The molecule has 4 heteroatoms. The van der Waals surface area contributed by atoms with Crippen LogP contribution in [0.15, 0.2) is 11.5 Å². The van der Waals surface area contributed by atoms with E-state index in [0.29, 0.717) is 12.3 Å². The number of hydrogen-bond acceptors (Lipinski definition) is 4. The molecule has 4 nitrogen and oxygen atoms in total. The Morgan fingerprint density at radius 1 is 1.69 bits per heavy atom. The van der Waals surface area contributed by atoms with Gasteiger partial charge in [0.1, 0.15) is 6.07 Å². The highest BCUT2D eigenvalue weighted by Gasteiger charge is 2.34. The minimum Gasteiger partial charge on any atom is -0.467 e. The van der Waals surface area contributed by atoms with Crippen LogP contribution in [0.2, 0.25) is 0 Å². The molecule has 0 bridgehead atoms. The van der Waals surface area contributed by atoms with Gasteiger partial charge in [-0.25, -0.2) is 0 Å². The zero-order chi connectivity index (χ0) is 10.0. The maximum Gasteiger partial charge on any atom is 0.219 e. The normalized spacial score (nSPS) is 22.0. The monoisotopic (exact) mass is 180 g/mol. The molecule has 1 heterocycles. The van der Waals surface area contributed by atoms with E-state index in [1.807, 2.05) is 13.8 Å². The molecule has 1 atom stereocenters. The lowest BCUT2D eigenvalue weighted by Gasteiger charge is -2.11. The topological polar surface area (TPSA) is 76.1 Å². The molecule has 0 unspecified atom stereocenters. The van der Waals surface area contributed by atoms with Gasteiger partial charge in [0, 0.05) is 0 Å². The highest BCUT2D eigenvalue weighted by Crippen LogP contribution is 2.22. The van der Waals surface area contributed by atoms with Crippen LogP contribution in [-0.2, 0) is 9.53 Å². The van der Waals surface area contributed by atoms with Gasteiger partial charge in [-0.05, 0) is 12.3 Å². The van der Waals surface area contributed by atoms with E-state index in [1.165, 1.54) is 0 Å². The number of Topliss-reactive ketones (excluding diaryl/α,β-unsaturated/α-hetero) is 1. The van der Waals surface area contributed by atoms with E-state index in [9.17, 15) is 4.79 Å². The molecule has 0 saturated carbocycles. The van der Waals surface area contributed by atoms with Gasteiger partial charge < -0.3 is 10.5 Å². The average Bonchev–Trinajstić information content (AvgIpc) is 2.26. The summed E-state index contributed by atoms with van der Waals surface area (Å²) in [7, 11) is 0. The van der Waals surface area contributed by atoms with Gasteiger partial charge in [-0.15, -0.1) is 0 Å². The minimum absolute atomic E-state index is 0.0295. The van der Waals surface area contributed by atoms with Crippen molar-refractivity contribution in [3.8, 4) is 6.07 Å². The number of nitriles is 1. The Bertz CT molecular complexity index is 299. The summed E-state index contributed by atoms with van der Waals surface area (Å²) in [4.78, 5) is 11.4. The molecule has 0 radical (unpaired) electrons. The second-order valence-electron chi connectivity index (χ2n) is 3.45. The first-order valence-electron chi connectivity index (χ1n) is 4.17. The molecule has 1 rings (SSSR count). The first-order chi connectivity index (χ1) is 6.06. The summed E-state index contributed by atoms with van der Waals surface area (Å²) in [5, 5.41) is 8.57. The molecule has 0 saturated heterocycles. The zero-order valence-electron chi connectivity index (χ0n) is 7.70. The summed E-state index contributed by atoms with van der Waals surface area (Å²) in [6, 6.07) is 1.75. The number of nitrogens with two attached hydrogens (primary N) is 1. The zero-order valence-corrected chi connectivity index (χ0v) is 7.70. The summed E-state index contributed by atoms with van der Waals surface area (Å²) in [6.07, 6.45) is 0.0553. The fraction of sp³-hybridized carbons (Fsp3) is 0.556. The van der Waals surface area contributed by atoms with Gasteiger partial charge in [-0.3, -0.25) is 4.79 Å². The van der Waals surface area contributed by atoms with Crippen molar-refractivity contribution < 1.29 is 9.53 Å². The Morgan fingerprint density at radius 2 is 2.31 bits per heavy atom. The molecule has 0 aromatic rings. The standard InChI is InChI=1S/C9H12N2O2/c1-5(2)3-7-8(12)6(4-10)9(11)13-7/h5,7H,3,11H2,1-2H3/t7-/m0/s1. The van der Waals surface area contributed by atoms with Gasteiger partial charge in [0.05, 0.1) is 0 Å². The number of carbonyl (C=O) groups excluding carboxylic acids is 1. The average molecular weight is 180 g/mol. The minimum atomic E-state index is -0.547. The van der Waals surface area contributed by atoms with E-state index < -0.39 is 6.10 Å². The lowest BCUT2D eigenvalue weighted by molar-refractivity contribution is -0.121. The summed E-state index contributed by atoms with van der Waals surface area (Å²) in [5.41, 5.74) is 5.32. The Kier molecular flexibility index (Phi) is 2.57. The summed E-state index contributed by atoms with van der Waals surface area (Å²) >= 11 is 0. The third-order valence-corrected chi connectivity index (χ3v) is 1.85. The van der Waals surface area contributed by atoms with E-state index in [4.69, 9.17) is 15.7 Å². The lowest BCUT2D eigenvalue weighted by Crippen LogP contribution is -2.20. The predicted molar refractivity (Wildman–Crippen MR) is 46.2 cm³/mol. The number of rotatable bonds is 2. The highest BCUT2D eigenvalue weighted by atomic mass is 16.5. The summed E-state index contributed by atoms with van der Waals surface area (Å²) < 4.78 is 5.07. The molecule has 70 valence electrons. The van der Waals surface area contributed by atoms with Gasteiger partial charge in [0.2, 0.25) is 11.7 Å². The highest BCUT2D eigenvalue weighted by molar-refractivity contribution is 6.04. The molecule has 0 spiro atoms. The SMILES string of the molecule is CC(C)C[C@@H]1OC(N)=C(C#N)C1=O. The van der Waals surface area contributed by atoms with Crippen molar-refractivity contribution in [2.24, 2.45) is 11.7 Å². The van der Waals surface area contributed by atoms with E-state index in [2.05, 4.69) is 0 Å². The number of ether oxygens (including phenoxy) is 1. The third kappa shape index (κ3) is 1.81. The molecule has 2 N–H and O–H groups in total. The van der Waals surface area contributed by atoms with Crippen LogP contribution in [0.25, 0.3) is 0 Å². The molecule has 0 fully saturated rings. The number of ketones is 1. The van der Waals surface area contributed by atoms with Gasteiger partial charge in [0.25, 0.3) is 0 Å². The van der Waals surface area contributed by atoms with Gasteiger partial charge >= 0.3 is 0 Å². The Balaban J connectivity index is 2.72. The molecule has 0 amide bonds. The Hall–Kier alpha value is -1.50. The van der Waals surface area contributed by atoms with Crippen molar-refractivity contribution in [2.45, 2.75) is 26.4 Å². The molecule has 1 aliphatic rings. The van der Waals surface area contributed by atoms with E-state index in [-0.39, 0.29) is 17.2 Å². The van der Waals surface area contributed by atoms with Crippen LogP contribution >= 0.6 is 0 Å². The second kappa shape index (κ2) is 3.48. The smallest absolute Gasteiger partial charge is 0.219 e. The molecular formula is C9H12N2O2. The van der Waals surface area contributed by atoms with Crippen LogP contribution in [0.1, 0.15) is 20.3 Å². The molecule has 0 aromatic heterocycles. The largest absolute Gasteiger partial charge is 0.467 e. The lowest BCUT2D eigenvalue weighted by atomic mass is 10.0. The quantitative estimate of drug-likeness (QED) is 0.678. The Labute approximate surface area is 77.0 Å². The predicted octanol–water partition coefficient (Wildman–Crippen LogP) is 0.694. The fourth-order valence-corrected chi connectivity index (χ4v) is 1.24. The number of carbonyl (C=O) groups is 1. The second-order valence-corrected chi connectivity index (χ2v) is 3.45. The fourth-order valence-electron chi connectivity index (χ4n) is 1.24. The van der Waals surface area contributed by atoms with Crippen LogP contribution in [0.5, 0.6) is 0 Å². The Morgan fingerprint density at radius 3 is 2.69 bits per heavy atom. The molecule has 13 heavy (non-hydrogen) atoms. The molecular weight excluding hydrogens is 168 g/mol. The molecule has 1 aliphatic heterocycles. The number of nitrogens with zero attached hydrogens (tertiary/aromatic N) is 1. The van der Waals surface area contributed by atoms with Crippen LogP contribution in [0.4, 0.5) is 0 Å². The van der Waals surface area contributed by atoms with Gasteiger partial charge in [-0.1, -0.05) is 13.8 Å². The van der Waals surface area contributed by atoms with Crippen molar-refractivity contribution in [3.63, 3.8) is 0 Å². The molecule has 0 aliphatic carbocycles. The van der Waals surface area contributed by atoms with E-state index >= 15 is 0 Å². The first kappa shape index (κ1) is 9.59. The van der Waals surface area contributed by atoms with E-state index in [1.54, 1.807) is 6.07 Å². The van der Waals surface area contributed by atoms with Crippen molar-refractivity contribution in [3.05, 3.63) is 11.5 Å². The maximum atomic E-state index is 11.4. The van der Waals surface area contributed by atoms with Crippen molar-refractivity contribution >= 4 is 5.78 Å². The van der Waals surface area contributed by atoms with Crippen molar-refractivity contribution in [2.75, 3.05) is 0 Å². The summed E-state index contributed by atoms with van der Waals surface area (Å²) in [5.74, 6) is 0.0339. The third-order valence-electron chi connectivity index (χ3n) is 1.85. The first-order valence-corrected chi connectivity index (χ1v) is 4.17. The van der Waals surface area contributed by atoms with Crippen molar-refractivity contribution in [1.82, 2.24) is 0 Å². The number of hydrogen-bond donors (Lipinski definition) is 1. The van der Waals surface area contributed by atoms with Crippen LogP contribution < -0.4 is 5.73 Å². The van der Waals surface area contributed by atoms with Crippen LogP contribution in [0, 0.1) is 17.2 Å². The maximum absolute atomic E-state index is 11.4. The van der Waals surface area contributed by atoms with Gasteiger partial charge in [-0.2, -0.15) is 5.26 Å². The van der Waals surface area contributed by atoms with Crippen molar-refractivity contribution in [1.29, 1.82) is 5.26 Å². The van der Waals surface area contributed by atoms with Gasteiger partial charge in [0.15, 0.2) is 11.7 Å². The van der Waals surface area contributed by atoms with Crippen LogP contribution in [0.3, 0.4) is 0 Å². The van der Waals surface area contributed by atoms with E-state index in [0.717, 1.165) is 0 Å². The molecule has 0 aromatic carbocycles. The van der Waals surface area contributed by atoms with Crippen LogP contribution in [-0.4, -0.2) is 11.9 Å².